The summed E-state index contributed by atoms with van der Waals surface area (Å²) in [5, 5.41) is 0. The highest BCUT2D eigenvalue weighted by molar-refractivity contribution is 5.96. The predicted molar refractivity (Wildman–Crippen MR) is 112 cm³/mol. The number of amides is 1. The number of aromatic nitrogens is 1. The van der Waals surface area contributed by atoms with Gasteiger partial charge in [0.15, 0.2) is 11.4 Å². The van der Waals surface area contributed by atoms with Gasteiger partial charge in [0.2, 0.25) is 0 Å². The first-order valence-electron chi connectivity index (χ1n) is 11.0. The van der Waals surface area contributed by atoms with Crippen molar-refractivity contribution in [3.8, 4) is 17.2 Å². The minimum absolute atomic E-state index is 0.0533. The van der Waals surface area contributed by atoms with E-state index in [0.29, 0.717) is 32.1 Å². The molecule has 182 valence electrons. The zero-order valence-corrected chi connectivity index (χ0v) is 18.2. The quantitative estimate of drug-likeness (QED) is 0.471. The van der Waals surface area contributed by atoms with Crippen molar-refractivity contribution in [2.75, 3.05) is 26.2 Å². The van der Waals surface area contributed by atoms with Crippen LogP contribution in [0.1, 0.15) is 36.2 Å². The van der Waals surface area contributed by atoms with E-state index in [2.05, 4.69) is 14.6 Å². The highest BCUT2D eigenvalue weighted by Gasteiger charge is 2.42. The molecule has 0 spiro atoms. The third kappa shape index (κ3) is 5.64. The van der Waals surface area contributed by atoms with E-state index in [1.807, 2.05) is 0 Å². The second-order valence-electron chi connectivity index (χ2n) is 8.23. The lowest BCUT2D eigenvalue weighted by Crippen LogP contribution is -2.43. The Kier molecular flexibility index (Phi) is 7.01. The molecule has 1 aromatic carbocycles. The first-order valence-corrected chi connectivity index (χ1v) is 11.0. The normalized spacial score (nSPS) is 17.6. The van der Waals surface area contributed by atoms with Crippen LogP contribution in [0.5, 0.6) is 17.2 Å². The number of nitrogens with zero attached hydrogens (tertiary/aromatic N) is 3. The molecule has 1 aliphatic heterocycles. The first kappa shape index (κ1) is 23.9. The lowest BCUT2D eigenvalue weighted by Gasteiger charge is -2.36. The molecule has 1 saturated heterocycles. The molecule has 2 fully saturated rings. The third-order valence-corrected chi connectivity index (χ3v) is 5.90. The molecule has 11 heteroatoms. The SMILES string of the molecule is O=C(c1ncc(Oc2cccc(F)c2)cc1OC(=O)C(F)(F)F)N1CCCN(C2CCC2)CC1. The van der Waals surface area contributed by atoms with E-state index in [1.54, 1.807) is 0 Å². The number of carbonyl (C=O) groups is 2. The van der Waals surface area contributed by atoms with Gasteiger partial charge in [-0.3, -0.25) is 9.69 Å². The van der Waals surface area contributed by atoms with Gasteiger partial charge >= 0.3 is 12.1 Å². The molecule has 1 saturated carbocycles. The van der Waals surface area contributed by atoms with Crippen molar-refractivity contribution in [3.63, 3.8) is 0 Å². The van der Waals surface area contributed by atoms with Gasteiger partial charge in [-0.1, -0.05) is 12.5 Å². The lowest BCUT2D eigenvalue weighted by atomic mass is 9.91. The van der Waals surface area contributed by atoms with E-state index < -0.39 is 35.3 Å². The van der Waals surface area contributed by atoms with Crippen LogP contribution >= 0.6 is 0 Å². The van der Waals surface area contributed by atoms with Crippen molar-refractivity contribution in [1.82, 2.24) is 14.8 Å². The minimum atomic E-state index is -5.27. The van der Waals surface area contributed by atoms with Crippen LogP contribution in [0.25, 0.3) is 0 Å². The van der Waals surface area contributed by atoms with Crippen LogP contribution in [0.15, 0.2) is 36.5 Å². The number of alkyl halides is 3. The standard InChI is InChI=1S/C23H23F4N3O4/c24-15-4-1-7-17(12-15)33-18-13-19(34-22(32)23(25,26)27)20(28-14-18)21(31)30-9-3-8-29(10-11-30)16-5-2-6-16/h1,4,7,12-14,16H,2-3,5-6,8-11H2. The Morgan fingerprint density at radius 1 is 1.00 bits per heavy atom. The molecule has 2 aromatic rings. The highest BCUT2D eigenvalue weighted by atomic mass is 19.4. The number of pyridine rings is 1. The summed E-state index contributed by atoms with van der Waals surface area (Å²) in [4.78, 5) is 32.5. The smallest absolute Gasteiger partial charge is 0.456 e. The molecule has 1 aliphatic carbocycles. The minimum Gasteiger partial charge on any atom is -0.456 e. The maximum absolute atomic E-state index is 13.4. The van der Waals surface area contributed by atoms with E-state index in [-0.39, 0.29) is 11.5 Å². The van der Waals surface area contributed by atoms with Gasteiger partial charge in [-0.05, 0) is 31.4 Å². The van der Waals surface area contributed by atoms with Crippen LogP contribution in [-0.2, 0) is 4.79 Å². The Bertz CT molecular complexity index is 1060. The molecule has 2 aliphatic rings. The van der Waals surface area contributed by atoms with Crippen LogP contribution in [0.3, 0.4) is 0 Å². The predicted octanol–water partition coefficient (Wildman–Crippen LogP) is 4.18. The van der Waals surface area contributed by atoms with Crippen LogP contribution in [0.4, 0.5) is 17.6 Å². The number of benzene rings is 1. The van der Waals surface area contributed by atoms with Gasteiger partial charge < -0.3 is 14.4 Å². The van der Waals surface area contributed by atoms with E-state index in [1.165, 1.54) is 29.5 Å². The number of ether oxygens (including phenoxy) is 2. The number of rotatable bonds is 5. The molecule has 1 amide bonds. The fourth-order valence-corrected chi connectivity index (χ4v) is 3.95. The maximum Gasteiger partial charge on any atom is 0.491 e. The Morgan fingerprint density at radius 3 is 2.47 bits per heavy atom. The van der Waals surface area contributed by atoms with E-state index in [9.17, 15) is 27.2 Å². The molecule has 7 nitrogen and oxygen atoms in total. The van der Waals surface area contributed by atoms with Gasteiger partial charge in [0.25, 0.3) is 5.91 Å². The Balaban J connectivity index is 1.56. The summed E-state index contributed by atoms with van der Waals surface area (Å²) in [7, 11) is 0. The first-order chi connectivity index (χ1) is 16.2. The van der Waals surface area contributed by atoms with Crippen molar-refractivity contribution < 1.29 is 36.6 Å². The lowest BCUT2D eigenvalue weighted by molar-refractivity contribution is -0.189. The van der Waals surface area contributed by atoms with Crippen molar-refractivity contribution in [1.29, 1.82) is 0 Å². The maximum atomic E-state index is 13.4. The second-order valence-corrected chi connectivity index (χ2v) is 8.23. The summed E-state index contributed by atoms with van der Waals surface area (Å²) in [5.41, 5.74) is -0.429. The van der Waals surface area contributed by atoms with Crippen molar-refractivity contribution in [3.05, 3.63) is 48.0 Å². The van der Waals surface area contributed by atoms with Gasteiger partial charge in [-0.25, -0.2) is 14.2 Å². The third-order valence-electron chi connectivity index (χ3n) is 5.90. The number of carbonyl (C=O) groups excluding carboxylic acids is 2. The number of esters is 1. The Hall–Kier alpha value is -3.21. The van der Waals surface area contributed by atoms with Crippen LogP contribution in [0, 0.1) is 5.82 Å². The summed E-state index contributed by atoms with van der Waals surface area (Å²) < 4.78 is 61.9. The summed E-state index contributed by atoms with van der Waals surface area (Å²) in [6.07, 6.45) is -0.0147. The van der Waals surface area contributed by atoms with E-state index >= 15 is 0 Å². The Morgan fingerprint density at radius 2 is 1.79 bits per heavy atom. The molecule has 0 atom stereocenters. The van der Waals surface area contributed by atoms with Gasteiger partial charge in [0.1, 0.15) is 17.3 Å². The van der Waals surface area contributed by atoms with Crippen molar-refractivity contribution in [2.24, 2.45) is 0 Å². The molecule has 4 rings (SSSR count). The summed E-state index contributed by atoms with van der Waals surface area (Å²) in [6.45, 7) is 2.26. The highest BCUT2D eigenvalue weighted by Crippen LogP contribution is 2.31. The molecule has 0 bridgehead atoms. The van der Waals surface area contributed by atoms with Gasteiger partial charge in [-0.15, -0.1) is 0 Å². The average molecular weight is 481 g/mol. The fraction of sp³-hybridized carbons (Fsp3) is 0.435. The molecule has 0 N–H and O–H groups in total. The molecule has 0 unspecified atom stereocenters. The molecular formula is C23H23F4N3O4. The summed E-state index contributed by atoms with van der Waals surface area (Å²) >= 11 is 0. The molecule has 2 heterocycles. The summed E-state index contributed by atoms with van der Waals surface area (Å²) in [6, 6.07) is 6.53. The number of hydrogen-bond donors (Lipinski definition) is 0. The molecular weight excluding hydrogens is 458 g/mol. The fourth-order valence-electron chi connectivity index (χ4n) is 3.95. The number of hydrogen-bond acceptors (Lipinski definition) is 6. The second kappa shape index (κ2) is 9.96. The van der Waals surface area contributed by atoms with E-state index in [4.69, 9.17) is 4.74 Å². The van der Waals surface area contributed by atoms with Gasteiger partial charge in [-0.2, -0.15) is 13.2 Å². The van der Waals surface area contributed by atoms with Gasteiger partial charge in [0, 0.05) is 44.4 Å². The van der Waals surface area contributed by atoms with Crippen LogP contribution in [-0.4, -0.2) is 65.1 Å². The zero-order valence-electron chi connectivity index (χ0n) is 18.2. The molecule has 34 heavy (non-hydrogen) atoms. The monoisotopic (exact) mass is 481 g/mol. The van der Waals surface area contributed by atoms with E-state index in [0.717, 1.165) is 37.7 Å². The molecule has 0 radical (unpaired) electrons. The molecule has 1 aromatic heterocycles. The Labute approximate surface area is 193 Å². The van der Waals surface area contributed by atoms with Crippen LogP contribution in [0.2, 0.25) is 0 Å². The zero-order chi connectivity index (χ0) is 24.3. The van der Waals surface area contributed by atoms with Crippen molar-refractivity contribution >= 4 is 11.9 Å². The summed E-state index contributed by atoms with van der Waals surface area (Å²) in [5.74, 6) is -4.47. The average Bonchev–Trinajstić information content (AvgIpc) is 2.98. The topological polar surface area (TPSA) is 72.0 Å². The largest absolute Gasteiger partial charge is 0.491 e. The van der Waals surface area contributed by atoms with Crippen LogP contribution < -0.4 is 9.47 Å². The van der Waals surface area contributed by atoms with Crippen molar-refractivity contribution in [2.45, 2.75) is 37.9 Å². The number of halogens is 4. The van der Waals surface area contributed by atoms with Gasteiger partial charge in [0.05, 0.1) is 6.20 Å².